The molecule has 0 aliphatic carbocycles. The lowest BCUT2D eigenvalue weighted by Gasteiger charge is -2.22. The first-order valence-corrected chi connectivity index (χ1v) is 7.60. The van der Waals surface area contributed by atoms with Gasteiger partial charge in [-0.25, -0.2) is 0 Å². The number of benzene rings is 1. The Hall–Kier alpha value is -1.75. The Labute approximate surface area is 126 Å². The number of rotatable bonds is 6. The number of hydrogen-bond donors (Lipinski definition) is 2. The molecule has 1 unspecified atom stereocenters. The average molecular weight is 291 g/mol. The molecule has 1 atom stereocenters. The fraction of sp³-hybridized carbons (Fsp3) is 0.562. The lowest BCUT2D eigenvalue weighted by molar-refractivity contribution is 0.0105. The monoisotopic (exact) mass is 291 g/mol. The van der Waals surface area contributed by atoms with E-state index in [4.69, 9.17) is 15.2 Å². The predicted molar refractivity (Wildman–Crippen MR) is 85.9 cm³/mol. The van der Waals surface area contributed by atoms with Crippen LogP contribution in [0.25, 0.3) is 0 Å². The summed E-state index contributed by atoms with van der Waals surface area (Å²) in [7, 11) is 1.65. The van der Waals surface area contributed by atoms with Crippen molar-refractivity contribution in [3.63, 3.8) is 0 Å². The van der Waals surface area contributed by atoms with Gasteiger partial charge < -0.3 is 20.5 Å². The minimum atomic E-state index is 0.421. The van der Waals surface area contributed by atoms with Crippen LogP contribution in [0, 0.1) is 0 Å². The fourth-order valence-corrected chi connectivity index (χ4v) is 2.42. The van der Waals surface area contributed by atoms with Crippen LogP contribution >= 0.6 is 0 Å². The minimum Gasteiger partial charge on any atom is -0.497 e. The summed E-state index contributed by atoms with van der Waals surface area (Å²) in [4.78, 5) is 4.34. The number of anilines is 1. The second-order valence-corrected chi connectivity index (χ2v) is 5.25. The number of hydrogen-bond acceptors (Lipinski definition) is 3. The number of nitrogens with zero attached hydrogens (tertiary/aromatic N) is 1. The summed E-state index contributed by atoms with van der Waals surface area (Å²) < 4.78 is 10.8. The third kappa shape index (κ3) is 5.63. The zero-order valence-electron chi connectivity index (χ0n) is 12.7. The van der Waals surface area contributed by atoms with Crippen molar-refractivity contribution < 1.29 is 9.47 Å². The highest BCUT2D eigenvalue weighted by Gasteiger charge is 2.12. The quantitative estimate of drug-likeness (QED) is 0.480. The molecule has 5 heteroatoms. The molecular formula is C16H25N3O2. The van der Waals surface area contributed by atoms with E-state index in [0.717, 1.165) is 37.4 Å². The molecular weight excluding hydrogens is 266 g/mol. The number of guanidine groups is 1. The molecule has 0 aromatic heterocycles. The standard InChI is InChI=1S/C16H25N3O2/c1-20-14-9-7-13(8-10-14)19-16(17)18-11-4-6-15-5-2-3-12-21-15/h7-10,15H,2-6,11-12H2,1H3,(H3,17,18,19). The van der Waals surface area contributed by atoms with Crippen molar-refractivity contribution in [2.75, 3.05) is 25.6 Å². The molecule has 0 amide bonds. The smallest absolute Gasteiger partial charge is 0.193 e. The van der Waals surface area contributed by atoms with Gasteiger partial charge in [-0.3, -0.25) is 4.99 Å². The summed E-state index contributed by atoms with van der Waals surface area (Å²) >= 11 is 0. The third-order valence-electron chi connectivity index (χ3n) is 3.60. The third-order valence-corrected chi connectivity index (χ3v) is 3.60. The summed E-state index contributed by atoms with van der Waals surface area (Å²) in [6, 6.07) is 7.60. The van der Waals surface area contributed by atoms with Gasteiger partial charge in [0.15, 0.2) is 5.96 Å². The molecule has 2 rings (SSSR count). The van der Waals surface area contributed by atoms with E-state index in [1.807, 2.05) is 24.3 Å². The molecule has 1 heterocycles. The van der Waals surface area contributed by atoms with Crippen LogP contribution in [0.5, 0.6) is 5.75 Å². The molecule has 1 aliphatic heterocycles. The summed E-state index contributed by atoms with van der Waals surface area (Å²) in [6.45, 7) is 1.64. The summed E-state index contributed by atoms with van der Waals surface area (Å²) in [5.41, 5.74) is 6.78. The van der Waals surface area contributed by atoms with Gasteiger partial charge in [-0.2, -0.15) is 0 Å². The fourth-order valence-electron chi connectivity index (χ4n) is 2.42. The molecule has 3 N–H and O–H groups in total. The van der Waals surface area contributed by atoms with Crippen molar-refractivity contribution in [1.29, 1.82) is 0 Å². The van der Waals surface area contributed by atoms with Gasteiger partial charge in [0.05, 0.1) is 13.2 Å². The molecule has 0 bridgehead atoms. The Balaban J connectivity index is 1.68. The average Bonchev–Trinajstić information content (AvgIpc) is 2.53. The van der Waals surface area contributed by atoms with Crippen LogP contribution in [-0.4, -0.2) is 32.3 Å². The van der Waals surface area contributed by atoms with Crippen LogP contribution < -0.4 is 15.8 Å². The Kier molecular flexibility index (Phi) is 6.34. The van der Waals surface area contributed by atoms with Gasteiger partial charge in [-0.15, -0.1) is 0 Å². The number of nitrogens with two attached hydrogens (primary N) is 1. The molecule has 0 saturated carbocycles. The SMILES string of the molecule is COc1ccc(NC(N)=NCCCC2CCCCO2)cc1. The maximum absolute atomic E-state index is 5.87. The van der Waals surface area contributed by atoms with Gasteiger partial charge in [0, 0.05) is 18.8 Å². The zero-order chi connectivity index (χ0) is 14.9. The van der Waals surface area contributed by atoms with E-state index in [9.17, 15) is 0 Å². The first-order valence-electron chi connectivity index (χ1n) is 7.60. The van der Waals surface area contributed by atoms with Gasteiger partial charge in [0.2, 0.25) is 0 Å². The lowest BCUT2D eigenvalue weighted by atomic mass is 10.1. The molecule has 1 fully saturated rings. The second kappa shape index (κ2) is 8.52. The summed E-state index contributed by atoms with van der Waals surface area (Å²) in [6.07, 6.45) is 6.17. The highest BCUT2D eigenvalue weighted by Crippen LogP contribution is 2.17. The molecule has 0 spiro atoms. The largest absolute Gasteiger partial charge is 0.497 e. The maximum atomic E-state index is 5.87. The van der Waals surface area contributed by atoms with E-state index in [2.05, 4.69) is 10.3 Å². The van der Waals surface area contributed by atoms with E-state index in [1.165, 1.54) is 19.3 Å². The highest BCUT2D eigenvalue weighted by atomic mass is 16.5. The van der Waals surface area contributed by atoms with E-state index in [0.29, 0.717) is 12.1 Å². The molecule has 0 radical (unpaired) electrons. The Morgan fingerprint density at radius 2 is 2.19 bits per heavy atom. The van der Waals surface area contributed by atoms with E-state index < -0.39 is 0 Å². The van der Waals surface area contributed by atoms with Gasteiger partial charge in [-0.05, 0) is 56.4 Å². The van der Waals surface area contributed by atoms with Crippen LogP contribution in [0.15, 0.2) is 29.3 Å². The summed E-state index contributed by atoms with van der Waals surface area (Å²) in [5.74, 6) is 1.27. The van der Waals surface area contributed by atoms with Crippen LogP contribution in [0.2, 0.25) is 0 Å². The minimum absolute atomic E-state index is 0.421. The van der Waals surface area contributed by atoms with Crippen molar-refractivity contribution in [3.05, 3.63) is 24.3 Å². The molecule has 116 valence electrons. The van der Waals surface area contributed by atoms with Crippen LogP contribution in [0.4, 0.5) is 5.69 Å². The van der Waals surface area contributed by atoms with Crippen molar-refractivity contribution in [1.82, 2.24) is 0 Å². The number of ether oxygens (including phenoxy) is 2. The Bertz CT molecular complexity index is 439. The second-order valence-electron chi connectivity index (χ2n) is 5.25. The number of nitrogens with one attached hydrogen (secondary N) is 1. The first-order chi connectivity index (χ1) is 10.3. The zero-order valence-corrected chi connectivity index (χ0v) is 12.7. The lowest BCUT2D eigenvalue weighted by Crippen LogP contribution is -2.23. The van der Waals surface area contributed by atoms with Gasteiger partial charge in [-0.1, -0.05) is 0 Å². The van der Waals surface area contributed by atoms with Crippen molar-refractivity contribution in [2.24, 2.45) is 10.7 Å². The van der Waals surface area contributed by atoms with Crippen molar-refractivity contribution in [3.8, 4) is 5.75 Å². The summed E-state index contributed by atoms with van der Waals surface area (Å²) in [5, 5.41) is 3.07. The number of methoxy groups -OCH3 is 1. The number of aliphatic imine (C=N–C) groups is 1. The van der Waals surface area contributed by atoms with E-state index in [-0.39, 0.29) is 0 Å². The topological polar surface area (TPSA) is 68.9 Å². The van der Waals surface area contributed by atoms with Gasteiger partial charge in [0.1, 0.15) is 5.75 Å². The van der Waals surface area contributed by atoms with E-state index >= 15 is 0 Å². The molecule has 1 saturated heterocycles. The Morgan fingerprint density at radius 3 is 2.86 bits per heavy atom. The maximum Gasteiger partial charge on any atom is 0.193 e. The molecule has 1 aromatic carbocycles. The normalized spacial score (nSPS) is 19.3. The van der Waals surface area contributed by atoms with Crippen LogP contribution in [-0.2, 0) is 4.74 Å². The van der Waals surface area contributed by atoms with Crippen LogP contribution in [0.3, 0.4) is 0 Å². The van der Waals surface area contributed by atoms with Crippen molar-refractivity contribution >= 4 is 11.6 Å². The molecule has 1 aliphatic rings. The van der Waals surface area contributed by atoms with Crippen molar-refractivity contribution in [2.45, 2.75) is 38.2 Å². The van der Waals surface area contributed by atoms with Crippen LogP contribution in [0.1, 0.15) is 32.1 Å². The molecule has 21 heavy (non-hydrogen) atoms. The predicted octanol–water partition coefficient (Wildman–Crippen LogP) is 2.77. The molecule has 1 aromatic rings. The first kappa shape index (κ1) is 15.6. The van der Waals surface area contributed by atoms with Gasteiger partial charge >= 0.3 is 0 Å². The highest BCUT2D eigenvalue weighted by molar-refractivity contribution is 5.92. The van der Waals surface area contributed by atoms with Gasteiger partial charge in [0.25, 0.3) is 0 Å². The molecule has 5 nitrogen and oxygen atoms in total. The van der Waals surface area contributed by atoms with E-state index in [1.54, 1.807) is 7.11 Å². The Morgan fingerprint density at radius 1 is 1.38 bits per heavy atom.